The number of nitrogen functional groups attached to an aromatic ring is 1. The monoisotopic (exact) mass is 263 g/mol. The molecule has 0 aliphatic carbocycles. The molecule has 1 aromatic rings. The highest BCUT2D eigenvalue weighted by Crippen LogP contribution is 2.37. The number of benzene rings is 1. The van der Waals surface area contributed by atoms with Gasteiger partial charge in [0.05, 0.1) is 23.7 Å². The van der Waals surface area contributed by atoms with Gasteiger partial charge in [-0.25, -0.2) is 0 Å². The summed E-state index contributed by atoms with van der Waals surface area (Å²) in [5.41, 5.74) is 8.36. The molecule has 0 unspecified atom stereocenters. The zero-order chi connectivity index (χ0) is 13.2. The van der Waals surface area contributed by atoms with E-state index in [2.05, 4.69) is 10.2 Å². The van der Waals surface area contributed by atoms with Crippen molar-refractivity contribution in [1.82, 2.24) is 0 Å². The Morgan fingerprint density at radius 2 is 2.16 bits per heavy atom. The fourth-order valence-corrected chi connectivity index (χ4v) is 2.39. The van der Waals surface area contributed by atoms with Gasteiger partial charge in [-0.05, 0) is 12.5 Å². The first-order chi connectivity index (χ1) is 9.24. The Hall–Kier alpha value is -1.95. The van der Waals surface area contributed by atoms with E-state index in [-0.39, 0.29) is 12.5 Å². The molecule has 1 saturated heterocycles. The van der Waals surface area contributed by atoms with Crippen LogP contribution in [0.5, 0.6) is 5.75 Å². The first-order valence-electron chi connectivity index (χ1n) is 6.43. The van der Waals surface area contributed by atoms with Crippen molar-refractivity contribution < 1.29 is 14.3 Å². The predicted molar refractivity (Wildman–Crippen MR) is 72.6 cm³/mol. The molecule has 102 valence electrons. The van der Waals surface area contributed by atoms with Crippen LogP contribution in [0.25, 0.3) is 0 Å². The first kappa shape index (κ1) is 12.1. The smallest absolute Gasteiger partial charge is 0.262 e. The third-order valence-corrected chi connectivity index (χ3v) is 3.32. The Kier molecular flexibility index (Phi) is 3.16. The molecular formula is C13H17N3O3. The minimum Gasteiger partial charge on any atom is -0.482 e. The number of hydrogen-bond acceptors (Lipinski definition) is 5. The summed E-state index contributed by atoms with van der Waals surface area (Å²) < 4.78 is 10.8. The number of carbonyl (C=O) groups is 1. The number of nitrogens with one attached hydrogen (secondary N) is 1. The van der Waals surface area contributed by atoms with Gasteiger partial charge in [-0.3, -0.25) is 4.79 Å². The molecule has 1 aromatic carbocycles. The maximum atomic E-state index is 11.4. The van der Waals surface area contributed by atoms with Crippen LogP contribution in [-0.2, 0) is 9.53 Å². The van der Waals surface area contributed by atoms with E-state index >= 15 is 0 Å². The van der Waals surface area contributed by atoms with E-state index in [1.807, 2.05) is 6.07 Å². The van der Waals surface area contributed by atoms with Crippen LogP contribution in [-0.4, -0.2) is 38.8 Å². The van der Waals surface area contributed by atoms with Gasteiger partial charge in [0.1, 0.15) is 5.75 Å². The highest BCUT2D eigenvalue weighted by atomic mass is 16.5. The van der Waals surface area contributed by atoms with Crippen molar-refractivity contribution in [2.45, 2.75) is 6.42 Å². The van der Waals surface area contributed by atoms with Gasteiger partial charge in [0.25, 0.3) is 5.91 Å². The zero-order valence-electron chi connectivity index (χ0n) is 10.6. The van der Waals surface area contributed by atoms with Gasteiger partial charge in [-0.2, -0.15) is 0 Å². The van der Waals surface area contributed by atoms with Gasteiger partial charge < -0.3 is 25.4 Å². The maximum Gasteiger partial charge on any atom is 0.262 e. The highest BCUT2D eigenvalue weighted by Gasteiger charge is 2.20. The number of nitrogens with zero attached hydrogens (tertiary/aromatic N) is 1. The van der Waals surface area contributed by atoms with Gasteiger partial charge in [-0.15, -0.1) is 0 Å². The van der Waals surface area contributed by atoms with Crippen LogP contribution in [0.15, 0.2) is 12.1 Å². The summed E-state index contributed by atoms with van der Waals surface area (Å²) in [6.07, 6.45) is 0.972. The minimum absolute atomic E-state index is 0.0450. The molecule has 0 spiro atoms. The second kappa shape index (κ2) is 4.97. The topological polar surface area (TPSA) is 76.8 Å². The lowest BCUT2D eigenvalue weighted by atomic mass is 10.1. The number of rotatable bonds is 1. The van der Waals surface area contributed by atoms with Crippen molar-refractivity contribution >= 4 is 23.0 Å². The Labute approximate surface area is 111 Å². The van der Waals surface area contributed by atoms with Crippen molar-refractivity contribution in [3.8, 4) is 5.75 Å². The van der Waals surface area contributed by atoms with Crippen molar-refractivity contribution in [1.29, 1.82) is 0 Å². The van der Waals surface area contributed by atoms with Crippen LogP contribution in [0, 0.1) is 0 Å². The molecular weight excluding hydrogens is 246 g/mol. The molecule has 3 N–H and O–H groups in total. The van der Waals surface area contributed by atoms with E-state index in [0.717, 1.165) is 31.8 Å². The van der Waals surface area contributed by atoms with E-state index in [1.54, 1.807) is 6.07 Å². The Morgan fingerprint density at radius 1 is 1.26 bits per heavy atom. The molecule has 6 nitrogen and oxygen atoms in total. The Morgan fingerprint density at radius 3 is 3.05 bits per heavy atom. The molecule has 19 heavy (non-hydrogen) atoms. The zero-order valence-corrected chi connectivity index (χ0v) is 10.6. The van der Waals surface area contributed by atoms with Crippen molar-refractivity contribution in [2.24, 2.45) is 0 Å². The average Bonchev–Trinajstić information content (AvgIpc) is 2.67. The van der Waals surface area contributed by atoms with Crippen LogP contribution in [0.2, 0.25) is 0 Å². The van der Waals surface area contributed by atoms with Gasteiger partial charge >= 0.3 is 0 Å². The van der Waals surface area contributed by atoms with Crippen LogP contribution in [0.3, 0.4) is 0 Å². The summed E-state index contributed by atoms with van der Waals surface area (Å²) in [5.74, 6) is 0.495. The van der Waals surface area contributed by atoms with E-state index in [4.69, 9.17) is 15.2 Å². The molecule has 6 heteroatoms. The van der Waals surface area contributed by atoms with Crippen LogP contribution in [0.4, 0.5) is 17.1 Å². The molecule has 1 fully saturated rings. The summed E-state index contributed by atoms with van der Waals surface area (Å²) in [5, 5.41) is 2.80. The third kappa shape index (κ3) is 2.44. The number of fused-ring (bicyclic) bond motifs is 1. The largest absolute Gasteiger partial charge is 0.482 e. The molecule has 1 amide bonds. The number of hydrogen-bond donors (Lipinski definition) is 2. The minimum atomic E-state index is -0.137. The van der Waals surface area contributed by atoms with E-state index in [1.165, 1.54) is 0 Å². The quantitative estimate of drug-likeness (QED) is 0.734. The van der Waals surface area contributed by atoms with Crippen molar-refractivity contribution in [3.63, 3.8) is 0 Å². The van der Waals surface area contributed by atoms with Crippen molar-refractivity contribution in [3.05, 3.63) is 12.1 Å². The summed E-state index contributed by atoms with van der Waals surface area (Å²) in [6.45, 7) is 3.22. The van der Waals surface area contributed by atoms with Gasteiger partial charge in [0, 0.05) is 25.8 Å². The molecule has 2 aliphatic rings. The van der Waals surface area contributed by atoms with Crippen LogP contribution in [0.1, 0.15) is 6.42 Å². The lowest BCUT2D eigenvalue weighted by Crippen LogP contribution is -2.29. The van der Waals surface area contributed by atoms with Gasteiger partial charge in [0.2, 0.25) is 0 Å². The number of nitrogens with two attached hydrogens (primary N) is 1. The van der Waals surface area contributed by atoms with E-state index in [9.17, 15) is 4.79 Å². The summed E-state index contributed by atoms with van der Waals surface area (Å²) in [4.78, 5) is 13.5. The first-order valence-corrected chi connectivity index (χ1v) is 6.43. The third-order valence-electron chi connectivity index (χ3n) is 3.32. The summed E-state index contributed by atoms with van der Waals surface area (Å²) >= 11 is 0. The molecule has 0 atom stereocenters. The molecule has 2 aliphatic heterocycles. The highest BCUT2D eigenvalue weighted by molar-refractivity contribution is 5.97. The Balaban J connectivity index is 1.92. The summed E-state index contributed by atoms with van der Waals surface area (Å²) in [6, 6.07) is 3.66. The lowest BCUT2D eigenvalue weighted by molar-refractivity contribution is -0.118. The van der Waals surface area contributed by atoms with Gasteiger partial charge in [-0.1, -0.05) is 0 Å². The molecule has 2 heterocycles. The number of amides is 1. The number of carbonyl (C=O) groups excluding carboxylic acids is 1. The number of ether oxygens (including phenoxy) is 2. The van der Waals surface area contributed by atoms with Gasteiger partial charge in [0.15, 0.2) is 6.61 Å². The van der Waals surface area contributed by atoms with Crippen LogP contribution < -0.4 is 20.7 Å². The lowest BCUT2D eigenvalue weighted by Gasteiger charge is -2.26. The predicted octanol–water partition coefficient (Wildman–Crippen LogP) is 0.826. The second-order valence-electron chi connectivity index (χ2n) is 4.70. The maximum absolute atomic E-state index is 11.4. The Bertz CT molecular complexity index is 496. The molecule has 0 saturated carbocycles. The SMILES string of the molecule is Nc1cc2c(cc1N1CCCOCC1)NC(=O)CO2. The second-order valence-corrected chi connectivity index (χ2v) is 4.70. The fourth-order valence-electron chi connectivity index (χ4n) is 2.39. The van der Waals surface area contributed by atoms with E-state index < -0.39 is 0 Å². The van der Waals surface area contributed by atoms with Crippen LogP contribution >= 0.6 is 0 Å². The standard InChI is InChI=1S/C13H17N3O3/c14-9-6-12-10(15-13(17)8-19-12)7-11(9)16-2-1-4-18-5-3-16/h6-7H,1-5,8,14H2,(H,15,17). The molecule has 0 bridgehead atoms. The van der Waals surface area contributed by atoms with Crippen molar-refractivity contribution in [2.75, 3.05) is 48.9 Å². The fraction of sp³-hybridized carbons (Fsp3) is 0.462. The number of anilines is 3. The summed E-state index contributed by atoms with van der Waals surface area (Å²) in [7, 11) is 0. The average molecular weight is 263 g/mol. The molecule has 0 aromatic heterocycles. The molecule has 0 radical (unpaired) electrons. The normalized spacial score (nSPS) is 19.2. The molecule has 3 rings (SSSR count). The van der Waals surface area contributed by atoms with E-state index in [0.29, 0.717) is 23.7 Å².